The number of nitrogens with zero attached hydrogens (tertiary/aromatic N) is 2. The first-order chi connectivity index (χ1) is 17.7. The van der Waals surface area contributed by atoms with Crippen LogP contribution in [0.3, 0.4) is 0 Å². The lowest BCUT2D eigenvalue weighted by molar-refractivity contribution is -0.0456. The highest BCUT2D eigenvalue weighted by molar-refractivity contribution is 7.90. The molecule has 1 unspecified atom stereocenters. The highest BCUT2D eigenvalue weighted by atomic mass is 32.2. The van der Waals surface area contributed by atoms with E-state index >= 15 is 0 Å². The van der Waals surface area contributed by atoms with Gasteiger partial charge in [-0.05, 0) is 18.1 Å². The van der Waals surface area contributed by atoms with Crippen molar-refractivity contribution in [2.45, 2.75) is 58.1 Å². The molecule has 0 saturated carbocycles. The standard InChI is InChI=1S/C26H32F3N3O5S/c1-17-20(21(19-14-10-7-11-15-19)31-38(34,35)26(27,28)29)22(36-5)30-23(25(2,3)4)32(17)24(33)37-16-18-12-8-6-9-13-18/h6-15,17,20-21,23,31H,16H2,1-5H3/t17-,20+,21?,23+/m0/s1. The number of carbonyl (C=O) groups excluding carboxylic acids is 1. The lowest BCUT2D eigenvalue weighted by Crippen LogP contribution is -2.60. The van der Waals surface area contributed by atoms with Gasteiger partial charge in [0.25, 0.3) is 0 Å². The summed E-state index contributed by atoms with van der Waals surface area (Å²) < 4.78 is 77.7. The zero-order valence-electron chi connectivity index (χ0n) is 21.8. The molecule has 1 amide bonds. The Morgan fingerprint density at radius 3 is 2.11 bits per heavy atom. The van der Waals surface area contributed by atoms with Gasteiger partial charge in [-0.2, -0.15) is 17.9 Å². The molecule has 0 spiro atoms. The topological polar surface area (TPSA) is 97.3 Å². The summed E-state index contributed by atoms with van der Waals surface area (Å²) in [5.41, 5.74) is -5.18. The van der Waals surface area contributed by atoms with Crippen LogP contribution in [0.4, 0.5) is 18.0 Å². The monoisotopic (exact) mass is 555 g/mol. The Morgan fingerprint density at radius 2 is 1.61 bits per heavy atom. The second-order valence-electron chi connectivity index (χ2n) is 10.1. The van der Waals surface area contributed by atoms with Crippen LogP contribution in [-0.2, 0) is 26.1 Å². The van der Waals surface area contributed by atoms with Gasteiger partial charge < -0.3 is 9.47 Å². The number of ether oxygens (including phenoxy) is 2. The first-order valence-electron chi connectivity index (χ1n) is 11.9. The van der Waals surface area contributed by atoms with Gasteiger partial charge in [0.05, 0.1) is 19.1 Å². The zero-order valence-corrected chi connectivity index (χ0v) is 22.6. The molecule has 2 aromatic rings. The Hall–Kier alpha value is -3.12. The maximum Gasteiger partial charge on any atom is 0.511 e. The van der Waals surface area contributed by atoms with Crippen molar-refractivity contribution in [2.75, 3.05) is 7.11 Å². The molecule has 12 heteroatoms. The predicted octanol–water partition coefficient (Wildman–Crippen LogP) is 5.24. The summed E-state index contributed by atoms with van der Waals surface area (Å²) in [7, 11) is -4.46. The highest BCUT2D eigenvalue weighted by Crippen LogP contribution is 2.40. The predicted molar refractivity (Wildman–Crippen MR) is 136 cm³/mol. The molecule has 38 heavy (non-hydrogen) atoms. The number of aliphatic imine (C=N–C) groups is 1. The second kappa shape index (κ2) is 11.3. The van der Waals surface area contributed by atoms with E-state index in [1.165, 1.54) is 24.1 Å². The molecule has 0 bridgehead atoms. The zero-order chi connectivity index (χ0) is 28.3. The van der Waals surface area contributed by atoms with Crippen LogP contribution in [0.1, 0.15) is 44.9 Å². The summed E-state index contributed by atoms with van der Waals surface area (Å²) in [4.78, 5) is 19.4. The Balaban J connectivity index is 2.09. The largest absolute Gasteiger partial charge is 0.511 e. The minimum absolute atomic E-state index is 0.0169. The number of benzene rings is 2. The van der Waals surface area contributed by atoms with E-state index in [1.54, 1.807) is 54.1 Å². The second-order valence-corrected chi connectivity index (χ2v) is 11.8. The number of hydrogen-bond acceptors (Lipinski definition) is 6. The Bertz CT molecular complexity index is 1230. The molecule has 0 fully saturated rings. The molecular weight excluding hydrogens is 523 g/mol. The summed E-state index contributed by atoms with van der Waals surface area (Å²) in [6, 6.07) is 14.5. The van der Waals surface area contributed by atoms with Crippen LogP contribution in [0.2, 0.25) is 0 Å². The Kier molecular flexibility index (Phi) is 8.77. The first kappa shape index (κ1) is 29.4. The van der Waals surface area contributed by atoms with Gasteiger partial charge in [0.2, 0.25) is 0 Å². The van der Waals surface area contributed by atoms with Gasteiger partial charge >= 0.3 is 21.6 Å². The number of methoxy groups -OCH3 is 1. The van der Waals surface area contributed by atoms with Gasteiger partial charge in [-0.25, -0.2) is 18.2 Å². The number of nitrogens with one attached hydrogen (secondary N) is 1. The van der Waals surface area contributed by atoms with Crippen molar-refractivity contribution >= 4 is 22.0 Å². The highest BCUT2D eigenvalue weighted by Gasteiger charge is 2.52. The summed E-state index contributed by atoms with van der Waals surface area (Å²) in [6.45, 7) is 7.12. The molecule has 0 radical (unpaired) electrons. The third-order valence-electron chi connectivity index (χ3n) is 6.26. The van der Waals surface area contributed by atoms with Crippen molar-refractivity contribution in [2.24, 2.45) is 16.3 Å². The number of hydrogen-bond donors (Lipinski definition) is 1. The van der Waals surface area contributed by atoms with Crippen LogP contribution in [0, 0.1) is 11.3 Å². The normalized spacial score (nSPS) is 21.4. The number of carbonyl (C=O) groups is 1. The molecule has 8 nitrogen and oxygen atoms in total. The molecule has 3 rings (SSSR count). The first-order valence-corrected chi connectivity index (χ1v) is 13.4. The summed E-state index contributed by atoms with van der Waals surface area (Å²) in [6.07, 6.45) is -1.54. The quantitative estimate of drug-likeness (QED) is 0.526. The van der Waals surface area contributed by atoms with Gasteiger partial charge in [0.15, 0.2) is 5.90 Å². The fraction of sp³-hybridized carbons (Fsp3) is 0.462. The minimum atomic E-state index is -5.77. The van der Waals surface area contributed by atoms with E-state index in [0.717, 1.165) is 5.56 Å². The van der Waals surface area contributed by atoms with Crippen LogP contribution in [0.25, 0.3) is 0 Å². The molecule has 2 aromatic carbocycles. The molecule has 1 aliphatic heterocycles. The van der Waals surface area contributed by atoms with E-state index in [0.29, 0.717) is 0 Å². The number of rotatable bonds is 6. The molecule has 1 heterocycles. The van der Waals surface area contributed by atoms with E-state index in [9.17, 15) is 26.4 Å². The van der Waals surface area contributed by atoms with Crippen LogP contribution >= 0.6 is 0 Å². The molecule has 1 N–H and O–H groups in total. The van der Waals surface area contributed by atoms with E-state index in [-0.39, 0.29) is 18.1 Å². The van der Waals surface area contributed by atoms with E-state index in [2.05, 4.69) is 4.99 Å². The molecule has 1 aliphatic rings. The summed E-state index contributed by atoms with van der Waals surface area (Å²) in [5, 5.41) is 0. The summed E-state index contributed by atoms with van der Waals surface area (Å²) in [5.74, 6) is -1.09. The number of halogens is 3. The number of amides is 1. The lowest BCUT2D eigenvalue weighted by Gasteiger charge is -2.48. The van der Waals surface area contributed by atoms with Gasteiger partial charge in [0.1, 0.15) is 12.8 Å². The molecule has 0 aromatic heterocycles. The van der Waals surface area contributed by atoms with Crippen molar-refractivity contribution < 1.29 is 35.9 Å². The van der Waals surface area contributed by atoms with Gasteiger partial charge in [-0.3, -0.25) is 4.90 Å². The van der Waals surface area contributed by atoms with Crippen LogP contribution in [0.15, 0.2) is 65.7 Å². The maximum absolute atomic E-state index is 13.5. The fourth-order valence-electron chi connectivity index (χ4n) is 4.39. The van der Waals surface area contributed by atoms with E-state index in [4.69, 9.17) is 9.47 Å². The third kappa shape index (κ3) is 6.47. The van der Waals surface area contributed by atoms with Crippen molar-refractivity contribution in [3.05, 3.63) is 71.8 Å². The maximum atomic E-state index is 13.5. The molecule has 0 aliphatic carbocycles. The molecule has 208 valence electrons. The number of sulfonamides is 1. The van der Waals surface area contributed by atoms with Crippen molar-refractivity contribution in [3.63, 3.8) is 0 Å². The lowest BCUT2D eigenvalue weighted by atomic mass is 9.82. The SMILES string of the molecule is COC1=N[C@@H](C(C)(C)C)N(C(=O)OCc2ccccc2)[C@@H](C)[C@@H]1C(NS(=O)(=O)C(F)(F)F)c1ccccc1. The van der Waals surface area contributed by atoms with Crippen molar-refractivity contribution in [1.29, 1.82) is 0 Å². The number of alkyl halides is 3. The molecule has 0 saturated heterocycles. The minimum Gasteiger partial charge on any atom is -0.484 e. The van der Waals surface area contributed by atoms with E-state index < -0.39 is 51.2 Å². The van der Waals surface area contributed by atoms with Crippen LogP contribution < -0.4 is 4.72 Å². The van der Waals surface area contributed by atoms with E-state index in [1.807, 2.05) is 26.8 Å². The van der Waals surface area contributed by atoms with Crippen molar-refractivity contribution in [3.8, 4) is 0 Å². The average molecular weight is 556 g/mol. The van der Waals surface area contributed by atoms with Crippen LogP contribution in [-0.4, -0.2) is 50.1 Å². The summed E-state index contributed by atoms with van der Waals surface area (Å²) >= 11 is 0. The smallest absolute Gasteiger partial charge is 0.484 e. The molecule has 4 atom stereocenters. The van der Waals surface area contributed by atoms with Gasteiger partial charge in [0, 0.05) is 11.5 Å². The van der Waals surface area contributed by atoms with Gasteiger partial charge in [-0.1, -0.05) is 81.4 Å². The third-order valence-corrected chi connectivity index (χ3v) is 7.43. The average Bonchev–Trinajstić information content (AvgIpc) is 2.85. The van der Waals surface area contributed by atoms with Crippen molar-refractivity contribution in [1.82, 2.24) is 9.62 Å². The van der Waals surface area contributed by atoms with Crippen LogP contribution in [0.5, 0.6) is 0 Å². The Morgan fingerprint density at radius 1 is 1.05 bits per heavy atom. The fourth-order valence-corrected chi connectivity index (χ4v) is 5.15. The van der Waals surface area contributed by atoms with Gasteiger partial charge in [-0.15, -0.1) is 0 Å². The Labute approximate surface area is 220 Å². The molecular formula is C26H32F3N3O5S.